The lowest BCUT2D eigenvalue weighted by Gasteiger charge is -2.45. The SMILES string of the molecule is COc1cc2c(cc1OC)C1(CCN(C(=O)[C@H]3CCCN3)CC1)OCC2.Cl. The Morgan fingerprint density at radius 2 is 1.93 bits per heavy atom. The van der Waals surface area contributed by atoms with Gasteiger partial charge in [-0.3, -0.25) is 4.79 Å². The highest BCUT2D eigenvalue weighted by Gasteiger charge is 2.43. The smallest absolute Gasteiger partial charge is 0.239 e. The molecule has 2 fully saturated rings. The van der Waals surface area contributed by atoms with Gasteiger partial charge >= 0.3 is 0 Å². The Morgan fingerprint density at radius 3 is 2.56 bits per heavy atom. The van der Waals surface area contributed by atoms with E-state index in [9.17, 15) is 4.79 Å². The third-order valence-electron chi connectivity index (χ3n) is 6.09. The van der Waals surface area contributed by atoms with E-state index in [0.29, 0.717) is 6.61 Å². The summed E-state index contributed by atoms with van der Waals surface area (Å²) in [4.78, 5) is 14.7. The number of methoxy groups -OCH3 is 2. The minimum atomic E-state index is -0.312. The number of hydrogen-bond acceptors (Lipinski definition) is 5. The Hall–Kier alpha value is -1.50. The van der Waals surface area contributed by atoms with E-state index < -0.39 is 0 Å². The summed E-state index contributed by atoms with van der Waals surface area (Å²) in [5.74, 6) is 1.76. The Labute approximate surface area is 166 Å². The standard InChI is InChI=1S/C20H28N2O4.ClH/c1-24-17-12-14-5-11-26-20(15(14)13-18(17)25-2)6-9-22(10-7-20)19(23)16-4-3-8-21-16;/h12-13,16,21H,3-11H2,1-2H3;1H/t16-;/m1./s1. The minimum Gasteiger partial charge on any atom is -0.493 e. The maximum absolute atomic E-state index is 12.7. The van der Waals surface area contributed by atoms with Crippen molar-refractivity contribution < 1.29 is 19.0 Å². The molecule has 3 heterocycles. The van der Waals surface area contributed by atoms with E-state index in [1.807, 2.05) is 4.90 Å². The van der Waals surface area contributed by atoms with Gasteiger partial charge in [0.15, 0.2) is 11.5 Å². The van der Waals surface area contributed by atoms with Crippen molar-refractivity contribution in [1.29, 1.82) is 0 Å². The van der Waals surface area contributed by atoms with Gasteiger partial charge in [0.05, 0.1) is 32.5 Å². The molecule has 0 saturated carbocycles. The van der Waals surface area contributed by atoms with Gasteiger partial charge in [0.2, 0.25) is 5.91 Å². The average molecular weight is 397 g/mol. The number of piperidine rings is 1. The van der Waals surface area contributed by atoms with Crippen molar-refractivity contribution in [2.24, 2.45) is 0 Å². The molecule has 0 aliphatic carbocycles. The number of nitrogens with zero attached hydrogens (tertiary/aromatic N) is 1. The van der Waals surface area contributed by atoms with Crippen LogP contribution in [0.25, 0.3) is 0 Å². The molecule has 27 heavy (non-hydrogen) atoms. The molecular weight excluding hydrogens is 368 g/mol. The fourth-order valence-corrected chi connectivity index (χ4v) is 4.60. The minimum absolute atomic E-state index is 0. The number of likely N-dealkylation sites (tertiary alicyclic amines) is 1. The first-order valence-electron chi connectivity index (χ1n) is 9.58. The number of ether oxygens (including phenoxy) is 3. The van der Waals surface area contributed by atoms with Crippen molar-refractivity contribution in [3.63, 3.8) is 0 Å². The molecule has 7 heteroatoms. The molecule has 3 aliphatic heterocycles. The summed E-state index contributed by atoms with van der Waals surface area (Å²) in [7, 11) is 3.33. The van der Waals surface area contributed by atoms with Crippen molar-refractivity contribution in [2.45, 2.75) is 43.7 Å². The van der Waals surface area contributed by atoms with Crippen LogP contribution in [0.1, 0.15) is 36.8 Å². The molecule has 4 rings (SSSR count). The molecule has 0 unspecified atom stereocenters. The maximum Gasteiger partial charge on any atom is 0.239 e. The number of carbonyl (C=O) groups excluding carboxylic acids is 1. The molecule has 1 atom stereocenters. The summed E-state index contributed by atoms with van der Waals surface area (Å²) in [6.07, 6.45) is 4.58. The molecule has 1 spiro atoms. The van der Waals surface area contributed by atoms with Crippen LogP contribution in [0.15, 0.2) is 12.1 Å². The Morgan fingerprint density at radius 1 is 1.22 bits per heavy atom. The van der Waals surface area contributed by atoms with Gasteiger partial charge in [-0.2, -0.15) is 0 Å². The number of nitrogens with one attached hydrogen (secondary N) is 1. The van der Waals surface area contributed by atoms with E-state index in [4.69, 9.17) is 14.2 Å². The molecule has 150 valence electrons. The highest BCUT2D eigenvalue weighted by molar-refractivity contribution is 5.85. The maximum atomic E-state index is 12.7. The topological polar surface area (TPSA) is 60.0 Å². The Bertz CT molecular complexity index is 683. The van der Waals surface area contributed by atoms with Gasteiger partial charge in [-0.15, -0.1) is 12.4 Å². The highest BCUT2D eigenvalue weighted by atomic mass is 35.5. The number of carbonyl (C=O) groups is 1. The normalized spacial score (nSPS) is 23.5. The first kappa shape index (κ1) is 20.2. The van der Waals surface area contributed by atoms with E-state index in [1.165, 1.54) is 11.1 Å². The summed E-state index contributed by atoms with van der Waals surface area (Å²) in [5, 5.41) is 3.32. The van der Waals surface area contributed by atoms with Crippen LogP contribution in [0.2, 0.25) is 0 Å². The zero-order chi connectivity index (χ0) is 18.1. The lowest BCUT2D eigenvalue weighted by molar-refractivity contribution is -0.142. The molecular formula is C20H29ClN2O4. The van der Waals surface area contributed by atoms with E-state index >= 15 is 0 Å². The number of fused-ring (bicyclic) bond motifs is 2. The van der Waals surface area contributed by atoms with Crippen LogP contribution in [0.4, 0.5) is 0 Å². The van der Waals surface area contributed by atoms with Gasteiger partial charge in [-0.05, 0) is 61.9 Å². The van der Waals surface area contributed by atoms with Crippen LogP contribution in [0, 0.1) is 0 Å². The molecule has 0 bridgehead atoms. The van der Waals surface area contributed by atoms with Crippen molar-refractivity contribution in [1.82, 2.24) is 10.2 Å². The Kier molecular flexibility index (Phi) is 6.18. The van der Waals surface area contributed by atoms with Gasteiger partial charge in [0.1, 0.15) is 0 Å². The molecule has 1 aromatic carbocycles. The van der Waals surface area contributed by atoms with Crippen molar-refractivity contribution in [2.75, 3.05) is 40.5 Å². The largest absolute Gasteiger partial charge is 0.493 e. The molecule has 1 aromatic rings. The molecule has 0 aromatic heterocycles. The number of amides is 1. The van der Waals surface area contributed by atoms with Crippen LogP contribution in [0.3, 0.4) is 0 Å². The van der Waals surface area contributed by atoms with Crippen LogP contribution >= 0.6 is 12.4 Å². The summed E-state index contributed by atoms with van der Waals surface area (Å²) >= 11 is 0. The van der Waals surface area contributed by atoms with Gasteiger partial charge in [0.25, 0.3) is 0 Å². The second-order valence-corrected chi connectivity index (χ2v) is 7.43. The average Bonchev–Trinajstić information content (AvgIpc) is 3.22. The highest BCUT2D eigenvalue weighted by Crippen LogP contribution is 2.45. The van der Waals surface area contributed by atoms with Gasteiger partial charge < -0.3 is 24.4 Å². The molecule has 6 nitrogen and oxygen atoms in total. The van der Waals surface area contributed by atoms with Crippen molar-refractivity contribution in [3.05, 3.63) is 23.3 Å². The Balaban J connectivity index is 0.00000210. The number of hydrogen-bond donors (Lipinski definition) is 1. The third kappa shape index (κ3) is 3.62. The van der Waals surface area contributed by atoms with Gasteiger partial charge in [0, 0.05) is 13.1 Å². The molecule has 1 amide bonds. The van der Waals surface area contributed by atoms with E-state index in [1.54, 1.807) is 14.2 Å². The van der Waals surface area contributed by atoms with Crippen molar-refractivity contribution in [3.8, 4) is 11.5 Å². The second kappa shape index (κ2) is 8.25. The summed E-state index contributed by atoms with van der Waals surface area (Å²) in [6.45, 7) is 3.14. The monoisotopic (exact) mass is 396 g/mol. The van der Waals surface area contributed by atoms with E-state index in [2.05, 4.69) is 17.4 Å². The zero-order valence-corrected chi connectivity index (χ0v) is 16.9. The molecule has 0 radical (unpaired) electrons. The predicted octanol–water partition coefficient (Wildman–Crippen LogP) is 2.27. The zero-order valence-electron chi connectivity index (χ0n) is 16.1. The lowest BCUT2D eigenvalue weighted by Crippen LogP contribution is -2.52. The van der Waals surface area contributed by atoms with Crippen LogP contribution in [0.5, 0.6) is 11.5 Å². The fraction of sp³-hybridized carbons (Fsp3) is 0.650. The van der Waals surface area contributed by atoms with Gasteiger partial charge in [-0.1, -0.05) is 0 Å². The predicted molar refractivity (Wildman–Crippen MR) is 105 cm³/mol. The fourth-order valence-electron chi connectivity index (χ4n) is 4.60. The quantitative estimate of drug-likeness (QED) is 0.849. The second-order valence-electron chi connectivity index (χ2n) is 7.43. The first-order valence-corrected chi connectivity index (χ1v) is 9.58. The summed E-state index contributed by atoms with van der Waals surface area (Å²) < 4.78 is 17.3. The first-order chi connectivity index (χ1) is 12.7. The lowest BCUT2D eigenvalue weighted by atomic mass is 9.79. The van der Waals surface area contributed by atoms with Crippen LogP contribution in [-0.4, -0.2) is 57.3 Å². The van der Waals surface area contributed by atoms with Crippen LogP contribution in [-0.2, 0) is 21.6 Å². The summed E-state index contributed by atoms with van der Waals surface area (Å²) in [6, 6.07) is 4.16. The van der Waals surface area contributed by atoms with Crippen LogP contribution < -0.4 is 14.8 Å². The number of rotatable bonds is 3. The third-order valence-corrected chi connectivity index (χ3v) is 6.09. The molecule has 1 N–H and O–H groups in total. The number of halogens is 1. The van der Waals surface area contributed by atoms with E-state index in [-0.39, 0.29) is 30.0 Å². The molecule has 2 saturated heterocycles. The van der Waals surface area contributed by atoms with Crippen molar-refractivity contribution >= 4 is 18.3 Å². The number of benzene rings is 1. The van der Waals surface area contributed by atoms with E-state index in [0.717, 1.165) is 63.2 Å². The summed E-state index contributed by atoms with van der Waals surface area (Å²) in [5.41, 5.74) is 2.16. The molecule has 3 aliphatic rings. The van der Waals surface area contributed by atoms with Gasteiger partial charge in [-0.25, -0.2) is 0 Å².